The second-order valence-corrected chi connectivity index (χ2v) is 6.79. The van der Waals surface area contributed by atoms with Crippen LogP contribution in [0.1, 0.15) is 27.6 Å². The Morgan fingerprint density at radius 2 is 1.82 bits per heavy atom. The van der Waals surface area contributed by atoms with E-state index in [4.69, 9.17) is 9.47 Å². The summed E-state index contributed by atoms with van der Waals surface area (Å²) in [7, 11) is 1.54. The monoisotopic (exact) mass is 448 g/mol. The Labute approximate surface area is 191 Å². The van der Waals surface area contributed by atoms with Crippen LogP contribution < -0.4 is 20.7 Å². The number of benzene rings is 2. The smallest absolute Gasteiger partial charge is 0.342 e. The molecule has 3 N–H and O–H groups in total. The highest BCUT2D eigenvalue weighted by Gasteiger charge is 2.17. The maximum Gasteiger partial charge on any atom is 0.342 e. The predicted octanol–water partition coefficient (Wildman–Crippen LogP) is 3.38. The van der Waals surface area contributed by atoms with Gasteiger partial charge in [0.05, 0.1) is 12.8 Å². The molecule has 9 nitrogen and oxygen atoms in total. The maximum atomic E-state index is 12.6. The lowest BCUT2D eigenvalue weighted by molar-refractivity contribution is -0.119. The Hall–Kier alpha value is -4.40. The SMILES string of the molecule is CCNC(=O)c1cccc(NC(=O)COC(=O)c2cccnc2Nc2ccccc2OC)c1. The Balaban J connectivity index is 1.63. The van der Waals surface area contributed by atoms with Crippen LogP contribution in [0, 0.1) is 0 Å². The molecule has 0 aliphatic rings. The Bertz CT molecular complexity index is 1150. The van der Waals surface area contributed by atoms with Gasteiger partial charge in [-0.2, -0.15) is 0 Å². The number of nitrogens with zero attached hydrogens (tertiary/aromatic N) is 1. The summed E-state index contributed by atoms with van der Waals surface area (Å²) in [5, 5.41) is 8.35. The number of esters is 1. The molecule has 0 bridgehead atoms. The number of nitrogens with one attached hydrogen (secondary N) is 3. The first kappa shape index (κ1) is 23.3. The Morgan fingerprint density at radius 3 is 2.61 bits per heavy atom. The van der Waals surface area contributed by atoms with Crippen molar-refractivity contribution >= 4 is 35.0 Å². The van der Waals surface area contributed by atoms with Crippen LogP contribution in [0.25, 0.3) is 0 Å². The van der Waals surface area contributed by atoms with Crippen LogP contribution in [0.2, 0.25) is 0 Å². The van der Waals surface area contributed by atoms with Crippen LogP contribution in [0.15, 0.2) is 66.9 Å². The van der Waals surface area contributed by atoms with E-state index in [9.17, 15) is 14.4 Å². The highest BCUT2D eigenvalue weighted by Crippen LogP contribution is 2.27. The van der Waals surface area contributed by atoms with Gasteiger partial charge in [-0.1, -0.05) is 18.2 Å². The van der Waals surface area contributed by atoms with E-state index >= 15 is 0 Å². The number of pyridine rings is 1. The number of carbonyl (C=O) groups excluding carboxylic acids is 3. The number of aromatic nitrogens is 1. The molecule has 0 fully saturated rings. The van der Waals surface area contributed by atoms with Crippen LogP contribution in [0.4, 0.5) is 17.2 Å². The fourth-order valence-corrected chi connectivity index (χ4v) is 2.95. The molecular weight excluding hydrogens is 424 g/mol. The molecule has 33 heavy (non-hydrogen) atoms. The second kappa shape index (κ2) is 11.3. The molecule has 0 aliphatic heterocycles. The third-order valence-electron chi connectivity index (χ3n) is 4.47. The fourth-order valence-electron chi connectivity index (χ4n) is 2.95. The number of methoxy groups -OCH3 is 1. The molecule has 3 aromatic rings. The van der Waals surface area contributed by atoms with Crippen LogP contribution in [0.3, 0.4) is 0 Å². The minimum Gasteiger partial charge on any atom is -0.495 e. The lowest BCUT2D eigenvalue weighted by Crippen LogP contribution is -2.23. The van der Waals surface area contributed by atoms with Crippen molar-refractivity contribution in [1.29, 1.82) is 0 Å². The average molecular weight is 448 g/mol. The molecule has 2 aromatic carbocycles. The predicted molar refractivity (Wildman–Crippen MR) is 124 cm³/mol. The zero-order chi connectivity index (χ0) is 23.6. The summed E-state index contributed by atoms with van der Waals surface area (Å²) in [6, 6.07) is 16.8. The van der Waals surface area contributed by atoms with Crippen molar-refractivity contribution in [3.63, 3.8) is 0 Å². The standard InChI is InChI=1S/C24H24N4O5/c1-3-25-23(30)16-8-6-9-17(14-16)27-21(29)15-33-24(31)18-10-7-13-26-22(18)28-19-11-4-5-12-20(19)32-2/h4-14H,3,15H2,1-2H3,(H,25,30)(H,26,28)(H,27,29). The van der Waals surface area contributed by atoms with Gasteiger partial charge in [-0.05, 0) is 49.4 Å². The van der Waals surface area contributed by atoms with Crippen molar-refractivity contribution in [2.75, 3.05) is 30.9 Å². The van der Waals surface area contributed by atoms with Gasteiger partial charge in [-0.15, -0.1) is 0 Å². The molecule has 0 aliphatic carbocycles. The van der Waals surface area contributed by atoms with Crippen LogP contribution >= 0.6 is 0 Å². The first-order chi connectivity index (χ1) is 16.0. The van der Waals surface area contributed by atoms with E-state index in [1.54, 1.807) is 55.6 Å². The molecule has 0 saturated carbocycles. The van der Waals surface area contributed by atoms with Crippen LogP contribution in [-0.2, 0) is 9.53 Å². The van der Waals surface area contributed by atoms with E-state index in [-0.39, 0.29) is 17.3 Å². The quantitative estimate of drug-likeness (QED) is 0.430. The minimum absolute atomic E-state index is 0.162. The summed E-state index contributed by atoms with van der Waals surface area (Å²) < 4.78 is 10.5. The van der Waals surface area contributed by atoms with E-state index in [2.05, 4.69) is 20.9 Å². The zero-order valence-corrected chi connectivity index (χ0v) is 18.3. The van der Waals surface area contributed by atoms with Gasteiger partial charge < -0.3 is 25.4 Å². The molecule has 9 heteroatoms. The molecule has 0 unspecified atom stereocenters. The van der Waals surface area contributed by atoms with Crippen molar-refractivity contribution < 1.29 is 23.9 Å². The number of rotatable bonds is 9. The normalized spacial score (nSPS) is 10.1. The minimum atomic E-state index is -0.716. The topological polar surface area (TPSA) is 119 Å². The van der Waals surface area contributed by atoms with Gasteiger partial charge in [0, 0.05) is 24.0 Å². The van der Waals surface area contributed by atoms with Crippen molar-refractivity contribution in [3.8, 4) is 5.75 Å². The Kier molecular flexibility index (Phi) is 7.96. The molecule has 0 saturated heterocycles. The Morgan fingerprint density at radius 1 is 1.00 bits per heavy atom. The molecule has 170 valence electrons. The van der Waals surface area contributed by atoms with E-state index < -0.39 is 18.5 Å². The summed E-state index contributed by atoms with van der Waals surface area (Å²) >= 11 is 0. The molecule has 2 amide bonds. The van der Waals surface area contributed by atoms with Crippen molar-refractivity contribution in [3.05, 3.63) is 78.0 Å². The lowest BCUT2D eigenvalue weighted by Gasteiger charge is -2.13. The summed E-state index contributed by atoms with van der Waals surface area (Å²) in [5.74, 6) is -0.656. The fraction of sp³-hybridized carbons (Fsp3) is 0.167. The van der Waals surface area contributed by atoms with Gasteiger partial charge in [-0.25, -0.2) is 9.78 Å². The molecule has 0 radical (unpaired) electrons. The van der Waals surface area contributed by atoms with Gasteiger partial charge in [0.2, 0.25) is 0 Å². The van der Waals surface area contributed by atoms with Gasteiger partial charge >= 0.3 is 5.97 Å². The number of para-hydroxylation sites is 2. The van der Waals surface area contributed by atoms with Crippen LogP contribution in [-0.4, -0.2) is 43.0 Å². The summed E-state index contributed by atoms with van der Waals surface area (Å²) in [5.41, 5.74) is 1.61. The third-order valence-corrected chi connectivity index (χ3v) is 4.47. The van der Waals surface area contributed by atoms with E-state index in [0.29, 0.717) is 29.2 Å². The first-order valence-corrected chi connectivity index (χ1v) is 10.2. The highest BCUT2D eigenvalue weighted by atomic mass is 16.5. The van der Waals surface area contributed by atoms with Gasteiger partial charge in [-0.3, -0.25) is 9.59 Å². The average Bonchev–Trinajstić information content (AvgIpc) is 2.83. The molecule has 0 spiro atoms. The number of hydrogen-bond acceptors (Lipinski definition) is 7. The summed E-state index contributed by atoms with van der Waals surface area (Å²) in [6.45, 7) is 1.80. The van der Waals surface area contributed by atoms with E-state index in [1.165, 1.54) is 6.20 Å². The highest BCUT2D eigenvalue weighted by molar-refractivity contribution is 5.99. The number of ether oxygens (including phenoxy) is 2. The van der Waals surface area contributed by atoms with Gasteiger partial charge in [0.1, 0.15) is 17.1 Å². The van der Waals surface area contributed by atoms with Crippen molar-refractivity contribution in [1.82, 2.24) is 10.3 Å². The zero-order valence-electron chi connectivity index (χ0n) is 18.3. The lowest BCUT2D eigenvalue weighted by atomic mass is 10.2. The van der Waals surface area contributed by atoms with Gasteiger partial charge in [0.25, 0.3) is 11.8 Å². The summed E-state index contributed by atoms with van der Waals surface area (Å²) in [6.07, 6.45) is 1.53. The number of carbonyl (C=O) groups is 3. The number of amides is 2. The maximum absolute atomic E-state index is 12.6. The summed E-state index contributed by atoms with van der Waals surface area (Å²) in [4.78, 5) is 41.0. The molecule has 1 aromatic heterocycles. The first-order valence-electron chi connectivity index (χ1n) is 10.2. The number of hydrogen-bond donors (Lipinski definition) is 3. The van der Waals surface area contributed by atoms with E-state index in [1.807, 2.05) is 19.1 Å². The molecule has 0 atom stereocenters. The molecular formula is C24H24N4O5. The third kappa shape index (κ3) is 6.30. The van der Waals surface area contributed by atoms with Gasteiger partial charge in [0.15, 0.2) is 6.61 Å². The van der Waals surface area contributed by atoms with E-state index in [0.717, 1.165) is 0 Å². The van der Waals surface area contributed by atoms with Crippen molar-refractivity contribution in [2.24, 2.45) is 0 Å². The van der Waals surface area contributed by atoms with Crippen molar-refractivity contribution in [2.45, 2.75) is 6.92 Å². The van der Waals surface area contributed by atoms with Crippen LogP contribution in [0.5, 0.6) is 5.75 Å². The number of anilines is 3. The molecule has 1 heterocycles. The largest absolute Gasteiger partial charge is 0.495 e. The molecule has 3 rings (SSSR count). The second-order valence-electron chi connectivity index (χ2n) is 6.79.